The Labute approximate surface area is 115 Å². The molecule has 0 spiro atoms. The molecule has 1 aliphatic heterocycles. The molecule has 1 heterocycles. The van der Waals surface area contributed by atoms with Crippen LogP contribution in [0, 0.1) is 11.2 Å². The highest BCUT2D eigenvalue weighted by atomic mass is 79.9. The van der Waals surface area contributed by atoms with Crippen molar-refractivity contribution in [1.82, 2.24) is 0 Å². The normalized spacial score (nSPS) is 23.4. The summed E-state index contributed by atoms with van der Waals surface area (Å²) in [6, 6.07) is 5.63. The number of thioether (sulfide) groups is 1. The van der Waals surface area contributed by atoms with Crippen molar-refractivity contribution in [2.45, 2.75) is 26.3 Å². The fourth-order valence-corrected chi connectivity index (χ4v) is 3.81. The van der Waals surface area contributed by atoms with Gasteiger partial charge in [0.05, 0.1) is 4.47 Å². The molecule has 1 nitrogen and oxygen atoms in total. The predicted octanol–water partition coefficient (Wildman–Crippen LogP) is 4.53. The van der Waals surface area contributed by atoms with Crippen molar-refractivity contribution in [3.63, 3.8) is 0 Å². The van der Waals surface area contributed by atoms with E-state index >= 15 is 0 Å². The average Bonchev–Trinajstić information content (AvgIpc) is 2.26. The largest absolute Gasteiger partial charge is 0.381 e. The Morgan fingerprint density at radius 2 is 2.24 bits per heavy atom. The zero-order chi connectivity index (χ0) is 12.5. The molecule has 0 saturated carbocycles. The highest BCUT2D eigenvalue weighted by molar-refractivity contribution is 9.10. The number of halogens is 2. The summed E-state index contributed by atoms with van der Waals surface area (Å²) in [7, 11) is 0. The number of hydrogen-bond donors (Lipinski definition) is 1. The average molecular weight is 318 g/mol. The lowest BCUT2D eigenvalue weighted by Gasteiger charge is -2.39. The molecule has 1 N–H and O–H groups in total. The lowest BCUT2D eigenvalue weighted by atomic mass is 9.82. The van der Waals surface area contributed by atoms with E-state index in [1.807, 2.05) is 17.8 Å². The fourth-order valence-electron chi connectivity index (χ4n) is 1.96. The van der Waals surface area contributed by atoms with Crippen LogP contribution in [0.1, 0.15) is 20.3 Å². The molecule has 1 saturated heterocycles. The van der Waals surface area contributed by atoms with E-state index in [0.29, 0.717) is 10.5 Å². The van der Waals surface area contributed by atoms with E-state index in [4.69, 9.17) is 0 Å². The van der Waals surface area contributed by atoms with Crippen molar-refractivity contribution >= 4 is 33.4 Å². The molecule has 2 rings (SSSR count). The molecule has 0 amide bonds. The third kappa shape index (κ3) is 3.16. The van der Waals surface area contributed by atoms with Gasteiger partial charge in [-0.05, 0) is 51.7 Å². The van der Waals surface area contributed by atoms with Gasteiger partial charge in [0.1, 0.15) is 5.82 Å². The molecule has 1 aromatic carbocycles. The predicted molar refractivity (Wildman–Crippen MR) is 77.2 cm³/mol. The summed E-state index contributed by atoms with van der Waals surface area (Å²) in [6.07, 6.45) is 1.20. The molecular formula is C13H17BrFNS. The molecule has 1 unspecified atom stereocenters. The van der Waals surface area contributed by atoms with Crippen molar-refractivity contribution in [3.8, 4) is 0 Å². The summed E-state index contributed by atoms with van der Waals surface area (Å²) in [5.41, 5.74) is 1.14. The first-order valence-corrected chi connectivity index (χ1v) is 7.73. The maximum atomic E-state index is 13.4. The number of hydrogen-bond acceptors (Lipinski definition) is 2. The molecule has 0 aromatic heterocycles. The first-order chi connectivity index (χ1) is 7.99. The Hall–Kier alpha value is -0.220. The van der Waals surface area contributed by atoms with Crippen LogP contribution in [0.5, 0.6) is 0 Å². The van der Waals surface area contributed by atoms with Crippen LogP contribution in [0.3, 0.4) is 0 Å². The van der Waals surface area contributed by atoms with Gasteiger partial charge in [-0.3, -0.25) is 0 Å². The summed E-state index contributed by atoms with van der Waals surface area (Å²) in [6.45, 7) is 4.55. The number of benzene rings is 1. The lowest BCUT2D eigenvalue weighted by Crippen LogP contribution is -2.41. The Bertz CT molecular complexity index is 408. The van der Waals surface area contributed by atoms with Crippen LogP contribution < -0.4 is 5.32 Å². The quantitative estimate of drug-likeness (QED) is 0.860. The Balaban J connectivity index is 2.11. The molecule has 0 bridgehead atoms. The van der Waals surface area contributed by atoms with Crippen LogP contribution in [0.2, 0.25) is 0 Å². The Morgan fingerprint density at radius 3 is 2.88 bits per heavy atom. The summed E-state index contributed by atoms with van der Waals surface area (Å²) in [5.74, 6) is 2.10. The SMILES string of the molecule is CC1(C)CCSCC1Nc1ccc(Br)c(F)c1. The zero-order valence-electron chi connectivity index (χ0n) is 10.1. The first kappa shape index (κ1) is 13.2. The number of anilines is 1. The van der Waals surface area contributed by atoms with Gasteiger partial charge in [-0.2, -0.15) is 11.8 Å². The molecule has 1 aromatic rings. The zero-order valence-corrected chi connectivity index (χ0v) is 12.5. The highest BCUT2D eigenvalue weighted by Gasteiger charge is 2.32. The minimum atomic E-state index is -0.212. The third-order valence-electron chi connectivity index (χ3n) is 3.38. The van der Waals surface area contributed by atoms with E-state index in [1.165, 1.54) is 12.2 Å². The van der Waals surface area contributed by atoms with Gasteiger partial charge in [0.15, 0.2) is 0 Å². The lowest BCUT2D eigenvalue weighted by molar-refractivity contribution is 0.305. The van der Waals surface area contributed by atoms with Crippen molar-refractivity contribution in [3.05, 3.63) is 28.5 Å². The van der Waals surface area contributed by atoms with Gasteiger partial charge < -0.3 is 5.32 Å². The Kier molecular flexibility index (Phi) is 4.03. The van der Waals surface area contributed by atoms with Crippen LogP contribution in [0.25, 0.3) is 0 Å². The second-order valence-corrected chi connectivity index (χ2v) is 7.14. The second-order valence-electron chi connectivity index (χ2n) is 5.14. The van der Waals surface area contributed by atoms with Crippen molar-refractivity contribution in [2.75, 3.05) is 16.8 Å². The number of nitrogens with one attached hydrogen (secondary N) is 1. The van der Waals surface area contributed by atoms with Crippen LogP contribution >= 0.6 is 27.7 Å². The summed E-state index contributed by atoms with van der Waals surface area (Å²) in [5, 5.41) is 3.46. The molecule has 1 fully saturated rings. The van der Waals surface area contributed by atoms with Crippen LogP contribution in [-0.4, -0.2) is 17.5 Å². The van der Waals surface area contributed by atoms with Gasteiger partial charge in [0.2, 0.25) is 0 Å². The van der Waals surface area contributed by atoms with Crippen LogP contribution in [0.15, 0.2) is 22.7 Å². The second kappa shape index (κ2) is 5.19. The molecule has 1 atom stereocenters. The maximum absolute atomic E-state index is 13.4. The van der Waals surface area contributed by atoms with Gasteiger partial charge in [-0.25, -0.2) is 4.39 Å². The Morgan fingerprint density at radius 1 is 1.47 bits per heavy atom. The van der Waals surface area contributed by atoms with E-state index in [2.05, 4.69) is 35.1 Å². The van der Waals surface area contributed by atoms with E-state index < -0.39 is 0 Å². The fraction of sp³-hybridized carbons (Fsp3) is 0.538. The summed E-state index contributed by atoms with van der Waals surface area (Å²) >= 11 is 5.14. The van der Waals surface area contributed by atoms with E-state index in [-0.39, 0.29) is 11.2 Å². The van der Waals surface area contributed by atoms with Gasteiger partial charge in [-0.15, -0.1) is 0 Å². The molecule has 0 aliphatic carbocycles. The topological polar surface area (TPSA) is 12.0 Å². The summed E-state index contributed by atoms with van der Waals surface area (Å²) < 4.78 is 13.9. The summed E-state index contributed by atoms with van der Waals surface area (Å²) in [4.78, 5) is 0. The van der Waals surface area contributed by atoms with Crippen molar-refractivity contribution in [2.24, 2.45) is 5.41 Å². The maximum Gasteiger partial charge on any atom is 0.139 e. The molecule has 17 heavy (non-hydrogen) atoms. The smallest absolute Gasteiger partial charge is 0.139 e. The minimum Gasteiger partial charge on any atom is -0.381 e. The molecular weight excluding hydrogens is 301 g/mol. The van der Waals surface area contributed by atoms with E-state index in [0.717, 1.165) is 11.4 Å². The monoisotopic (exact) mass is 317 g/mol. The van der Waals surface area contributed by atoms with E-state index in [9.17, 15) is 4.39 Å². The van der Waals surface area contributed by atoms with Crippen molar-refractivity contribution < 1.29 is 4.39 Å². The van der Waals surface area contributed by atoms with Gasteiger partial charge >= 0.3 is 0 Å². The molecule has 0 radical (unpaired) electrons. The number of rotatable bonds is 2. The first-order valence-electron chi connectivity index (χ1n) is 5.78. The molecule has 94 valence electrons. The van der Waals surface area contributed by atoms with Crippen molar-refractivity contribution in [1.29, 1.82) is 0 Å². The van der Waals surface area contributed by atoms with Crippen LogP contribution in [-0.2, 0) is 0 Å². The minimum absolute atomic E-state index is 0.212. The molecule has 4 heteroatoms. The van der Waals surface area contributed by atoms with Gasteiger partial charge in [0, 0.05) is 17.5 Å². The molecule has 1 aliphatic rings. The van der Waals surface area contributed by atoms with Gasteiger partial charge in [0.25, 0.3) is 0 Å². The standard InChI is InChI=1S/C13H17BrFNS/c1-13(2)5-6-17-8-12(13)16-9-3-4-10(14)11(15)7-9/h3-4,7,12,16H,5-6,8H2,1-2H3. The highest BCUT2D eigenvalue weighted by Crippen LogP contribution is 2.36. The third-order valence-corrected chi connectivity index (χ3v) is 5.08. The van der Waals surface area contributed by atoms with E-state index in [1.54, 1.807) is 12.1 Å². The van der Waals surface area contributed by atoms with Gasteiger partial charge in [-0.1, -0.05) is 13.8 Å². The van der Waals surface area contributed by atoms with Crippen LogP contribution in [0.4, 0.5) is 10.1 Å².